The maximum atomic E-state index is 13.7. The van der Waals surface area contributed by atoms with Gasteiger partial charge in [0.2, 0.25) is 0 Å². The van der Waals surface area contributed by atoms with Gasteiger partial charge in [-0.3, -0.25) is 4.79 Å². The van der Waals surface area contributed by atoms with Gasteiger partial charge in [-0.25, -0.2) is 4.39 Å². The number of carbonyl (C=O) groups is 1. The lowest BCUT2D eigenvalue weighted by Crippen LogP contribution is -2.07. The highest BCUT2D eigenvalue weighted by Gasteiger charge is 2.19. The summed E-state index contributed by atoms with van der Waals surface area (Å²) < 4.78 is 13.7. The Hall–Kier alpha value is -1.67. The molecule has 0 fully saturated rings. The van der Waals surface area contributed by atoms with Crippen LogP contribution in [0, 0.1) is 19.7 Å². The van der Waals surface area contributed by atoms with Crippen LogP contribution < -0.4 is 0 Å². The molecule has 0 aliphatic rings. The average molecular weight is 263 g/mol. The summed E-state index contributed by atoms with van der Waals surface area (Å²) in [6.07, 6.45) is 0. The summed E-state index contributed by atoms with van der Waals surface area (Å²) in [5.41, 5.74) is 2.19. The average Bonchev–Trinajstić information content (AvgIpc) is 2.32. The molecule has 0 atom stereocenters. The number of hydrogen-bond acceptors (Lipinski definition) is 1. The van der Waals surface area contributed by atoms with Crippen molar-refractivity contribution in [3.63, 3.8) is 0 Å². The number of ketones is 1. The Labute approximate surface area is 110 Å². The lowest BCUT2D eigenvalue weighted by Gasteiger charge is -2.08. The SMILES string of the molecule is Cc1ccc(C)c(C(=O)c2c(F)cccc2Cl)c1. The summed E-state index contributed by atoms with van der Waals surface area (Å²) in [4.78, 5) is 12.3. The molecule has 0 saturated carbocycles. The Balaban J connectivity index is 2.58. The number of halogens is 2. The van der Waals surface area contributed by atoms with Crippen LogP contribution in [0.3, 0.4) is 0 Å². The van der Waals surface area contributed by atoms with E-state index in [9.17, 15) is 9.18 Å². The highest BCUT2D eigenvalue weighted by Crippen LogP contribution is 2.24. The van der Waals surface area contributed by atoms with Crippen LogP contribution in [-0.4, -0.2) is 5.78 Å². The number of carbonyl (C=O) groups excluding carboxylic acids is 1. The molecule has 0 N–H and O–H groups in total. The molecule has 18 heavy (non-hydrogen) atoms. The molecule has 0 aromatic heterocycles. The van der Waals surface area contributed by atoms with Gasteiger partial charge in [-0.2, -0.15) is 0 Å². The molecule has 2 aromatic carbocycles. The van der Waals surface area contributed by atoms with Gasteiger partial charge in [-0.15, -0.1) is 0 Å². The van der Waals surface area contributed by atoms with E-state index in [0.29, 0.717) is 5.56 Å². The zero-order valence-electron chi connectivity index (χ0n) is 10.1. The van der Waals surface area contributed by atoms with E-state index in [1.165, 1.54) is 18.2 Å². The molecule has 0 aliphatic carbocycles. The minimum Gasteiger partial charge on any atom is -0.288 e. The molecule has 0 bridgehead atoms. The van der Waals surface area contributed by atoms with Gasteiger partial charge in [0, 0.05) is 5.56 Å². The molecular weight excluding hydrogens is 251 g/mol. The van der Waals surface area contributed by atoms with Gasteiger partial charge < -0.3 is 0 Å². The summed E-state index contributed by atoms with van der Waals surface area (Å²) in [5, 5.41) is 0.140. The first-order chi connectivity index (χ1) is 8.50. The summed E-state index contributed by atoms with van der Waals surface area (Å²) in [6.45, 7) is 3.71. The molecule has 0 amide bonds. The number of rotatable bonds is 2. The second-order valence-corrected chi connectivity index (χ2v) is 4.65. The molecular formula is C15H12ClFO. The van der Waals surface area contributed by atoms with Gasteiger partial charge in [0.1, 0.15) is 5.82 Å². The zero-order valence-corrected chi connectivity index (χ0v) is 10.9. The highest BCUT2D eigenvalue weighted by molar-refractivity contribution is 6.35. The maximum absolute atomic E-state index is 13.7. The number of aryl methyl sites for hydroxylation is 2. The van der Waals surface area contributed by atoms with Crippen molar-refractivity contribution in [2.75, 3.05) is 0 Å². The molecule has 0 spiro atoms. The van der Waals surface area contributed by atoms with Gasteiger partial charge in [-0.05, 0) is 37.6 Å². The lowest BCUT2D eigenvalue weighted by molar-refractivity contribution is 0.103. The van der Waals surface area contributed by atoms with E-state index in [2.05, 4.69) is 0 Å². The van der Waals surface area contributed by atoms with Crippen molar-refractivity contribution in [2.24, 2.45) is 0 Å². The molecule has 2 aromatic rings. The van der Waals surface area contributed by atoms with Crippen molar-refractivity contribution in [3.05, 3.63) is 69.5 Å². The molecule has 2 rings (SSSR count). The van der Waals surface area contributed by atoms with Crippen LogP contribution in [-0.2, 0) is 0 Å². The summed E-state index contributed by atoms with van der Waals surface area (Å²) in [5.74, 6) is -0.965. The van der Waals surface area contributed by atoms with Gasteiger partial charge in [0.05, 0.1) is 10.6 Å². The fourth-order valence-electron chi connectivity index (χ4n) is 1.83. The normalized spacial score (nSPS) is 10.4. The monoisotopic (exact) mass is 262 g/mol. The van der Waals surface area contributed by atoms with Gasteiger partial charge in [0.25, 0.3) is 0 Å². The van der Waals surface area contributed by atoms with Crippen molar-refractivity contribution in [3.8, 4) is 0 Å². The van der Waals surface area contributed by atoms with Crippen molar-refractivity contribution < 1.29 is 9.18 Å². The minimum absolute atomic E-state index is 0.0622. The molecule has 3 heteroatoms. The van der Waals surface area contributed by atoms with Crippen molar-refractivity contribution in [1.82, 2.24) is 0 Å². The highest BCUT2D eigenvalue weighted by atomic mass is 35.5. The molecule has 0 radical (unpaired) electrons. The van der Waals surface area contributed by atoms with Crippen LogP contribution in [0.4, 0.5) is 4.39 Å². The largest absolute Gasteiger partial charge is 0.288 e. The predicted molar refractivity (Wildman–Crippen MR) is 70.8 cm³/mol. The minimum atomic E-state index is -0.589. The summed E-state index contributed by atoms with van der Waals surface area (Å²) in [6, 6.07) is 9.75. The Kier molecular flexibility index (Phi) is 3.48. The topological polar surface area (TPSA) is 17.1 Å². The smallest absolute Gasteiger partial charge is 0.197 e. The van der Waals surface area contributed by atoms with E-state index in [1.54, 1.807) is 6.07 Å². The fraction of sp³-hybridized carbons (Fsp3) is 0.133. The van der Waals surface area contributed by atoms with Crippen molar-refractivity contribution >= 4 is 17.4 Å². The van der Waals surface area contributed by atoms with Crippen LogP contribution in [0.1, 0.15) is 27.0 Å². The van der Waals surface area contributed by atoms with Crippen LogP contribution in [0.5, 0.6) is 0 Å². The quantitative estimate of drug-likeness (QED) is 0.737. The van der Waals surface area contributed by atoms with Gasteiger partial charge in [0.15, 0.2) is 5.78 Å². The maximum Gasteiger partial charge on any atom is 0.197 e. The molecule has 92 valence electrons. The van der Waals surface area contributed by atoms with Crippen molar-refractivity contribution in [2.45, 2.75) is 13.8 Å². The Morgan fingerprint density at radius 3 is 2.56 bits per heavy atom. The molecule has 0 unspecified atom stereocenters. The lowest BCUT2D eigenvalue weighted by atomic mass is 9.97. The summed E-state index contributed by atoms with van der Waals surface area (Å²) >= 11 is 5.91. The standard InChI is InChI=1S/C15H12ClFO/c1-9-6-7-10(2)11(8-9)15(18)14-12(16)4-3-5-13(14)17/h3-8H,1-2H3. The Bertz CT molecular complexity index is 600. The molecule has 0 saturated heterocycles. The van der Waals surface area contributed by atoms with Gasteiger partial charge in [-0.1, -0.05) is 35.4 Å². The predicted octanol–water partition coefficient (Wildman–Crippen LogP) is 4.33. The Morgan fingerprint density at radius 1 is 1.17 bits per heavy atom. The zero-order chi connectivity index (χ0) is 13.3. The fourth-order valence-corrected chi connectivity index (χ4v) is 2.08. The van der Waals surface area contributed by atoms with E-state index < -0.39 is 5.82 Å². The third kappa shape index (κ3) is 2.29. The second kappa shape index (κ2) is 4.91. The van der Waals surface area contributed by atoms with Crippen LogP contribution in [0.2, 0.25) is 5.02 Å². The van der Waals surface area contributed by atoms with Gasteiger partial charge >= 0.3 is 0 Å². The van der Waals surface area contributed by atoms with Crippen LogP contribution in [0.15, 0.2) is 36.4 Å². The van der Waals surface area contributed by atoms with Crippen LogP contribution in [0.25, 0.3) is 0 Å². The van der Waals surface area contributed by atoms with E-state index in [0.717, 1.165) is 11.1 Å². The van der Waals surface area contributed by atoms with Crippen molar-refractivity contribution in [1.29, 1.82) is 0 Å². The Morgan fingerprint density at radius 2 is 1.89 bits per heavy atom. The van der Waals surface area contributed by atoms with E-state index in [-0.39, 0.29) is 16.4 Å². The first kappa shape index (κ1) is 12.8. The first-order valence-electron chi connectivity index (χ1n) is 5.56. The number of benzene rings is 2. The third-order valence-corrected chi connectivity index (χ3v) is 3.14. The molecule has 0 aliphatic heterocycles. The van der Waals surface area contributed by atoms with E-state index >= 15 is 0 Å². The molecule has 0 heterocycles. The first-order valence-corrected chi connectivity index (χ1v) is 5.94. The third-order valence-electron chi connectivity index (χ3n) is 2.83. The summed E-state index contributed by atoms with van der Waals surface area (Å²) in [7, 11) is 0. The van der Waals surface area contributed by atoms with Crippen LogP contribution >= 0.6 is 11.6 Å². The second-order valence-electron chi connectivity index (χ2n) is 4.24. The van der Waals surface area contributed by atoms with E-state index in [4.69, 9.17) is 11.6 Å². The van der Waals surface area contributed by atoms with E-state index in [1.807, 2.05) is 26.0 Å². The molecule has 1 nitrogen and oxygen atoms in total. The number of hydrogen-bond donors (Lipinski definition) is 0.